The van der Waals surface area contributed by atoms with Crippen molar-refractivity contribution in [1.29, 1.82) is 0 Å². The molecule has 2 aliphatic heterocycles. The van der Waals surface area contributed by atoms with E-state index in [1.54, 1.807) is 0 Å². The van der Waals surface area contributed by atoms with Crippen molar-refractivity contribution in [3.05, 3.63) is 0 Å². The molecule has 1 N–H and O–H groups in total. The van der Waals surface area contributed by atoms with Gasteiger partial charge in [-0.3, -0.25) is 5.43 Å². The number of hydrogen-bond acceptors (Lipinski definition) is 2. The minimum atomic E-state index is 0.745. The van der Waals surface area contributed by atoms with Crippen LogP contribution in [0.4, 0.5) is 0 Å². The molecule has 3 aliphatic rings. The summed E-state index contributed by atoms with van der Waals surface area (Å²) in [5, 5.41) is 2.44. The van der Waals surface area contributed by atoms with Gasteiger partial charge in [0.25, 0.3) is 0 Å². The van der Waals surface area contributed by atoms with Crippen molar-refractivity contribution in [3.8, 4) is 0 Å². The first-order valence-electron chi connectivity index (χ1n) is 5.25. The number of fused-ring (bicyclic) bond motifs is 2. The van der Waals surface area contributed by atoms with Crippen LogP contribution in [0.2, 0.25) is 0 Å². The molecule has 0 aromatic rings. The molecule has 12 heavy (non-hydrogen) atoms. The van der Waals surface area contributed by atoms with E-state index in [1.807, 2.05) is 0 Å². The first-order chi connectivity index (χ1) is 5.72. The van der Waals surface area contributed by atoms with Gasteiger partial charge >= 0.3 is 0 Å². The molecule has 0 aromatic heterocycles. The Morgan fingerprint density at radius 3 is 2.58 bits per heavy atom. The van der Waals surface area contributed by atoms with Crippen LogP contribution in [0.3, 0.4) is 0 Å². The van der Waals surface area contributed by atoms with Gasteiger partial charge in [0.05, 0.1) is 0 Å². The van der Waals surface area contributed by atoms with E-state index in [2.05, 4.69) is 31.2 Å². The Hall–Kier alpha value is -0.0800. The quantitative estimate of drug-likeness (QED) is 0.674. The topological polar surface area (TPSA) is 15.3 Å². The summed E-state index contributed by atoms with van der Waals surface area (Å²) in [6.07, 6.45) is 2.87. The SMILES string of the molecule is CCN1NC(C(C)C)C2CC1C2. The molecular weight excluding hydrogens is 148 g/mol. The Morgan fingerprint density at radius 1 is 1.42 bits per heavy atom. The van der Waals surface area contributed by atoms with Crippen LogP contribution in [0.25, 0.3) is 0 Å². The molecule has 0 radical (unpaired) electrons. The molecule has 2 saturated heterocycles. The van der Waals surface area contributed by atoms with Gasteiger partial charge in [0.2, 0.25) is 0 Å². The normalized spacial score (nSPS) is 41.5. The van der Waals surface area contributed by atoms with Gasteiger partial charge in [0.1, 0.15) is 0 Å². The number of hydrogen-bond donors (Lipinski definition) is 1. The second-order valence-corrected chi connectivity index (χ2v) is 4.57. The molecule has 3 fully saturated rings. The van der Waals surface area contributed by atoms with Crippen LogP contribution in [0.1, 0.15) is 33.6 Å². The molecule has 2 nitrogen and oxygen atoms in total. The molecule has 1 atom stereocenters. The Balaban J connectivity index is 1.99. The maximum atomic E-state index is 3.64. The minimum Gasteiger partial charge on any atom is -0.251 e. The molecule has 0 spiro atoms. The maximum Gasteiger partial charge on any atom is 0.0267 e. The first kappa shape index (κ1) is 8.52. The maximum absolute atomic E-state index is 3.64. The standard InChI is InChI=1S/C10H20N2/c1-4-12-9-5-8(6-9)10(11-12)7(2)3/h7-11H,4-6H2,1-3H3. The molecular formula is C10H20N2. The summed E-state index contributed by atoms with van der Waals surface area (Å²) in [6.45, 7) is 8.04. The van der Waals surface area contributed by atoms with Crippen LogP contribution in [0.5, 0.6) is 0 Å². The van der Waals surface area contributed by atoms with Gasteiger partial charge in [-0.1, -0.05) is 20.8 Å². The van der Waals surface area contributed by atoms with E-state index in [9.17, 15) is 0 Å². The monoisotopic (exact) mass is 168 g/mol. The summed E-state index contributed by atoms with van der Waals surface area (Å²) in [6, 6.07) is 1.60. The number of nitrogens with one attached hydrogen (secondary N) is 1. The van der Waals surface area contributed by atoms with Gasteiger partial charge in [-0.05, 0) is 24.7 Å². The van der Waals surface area contributed by atoms with E-state index in [-0.39, 0.29) is 0 Å². The highest BCUT2D eigenvalue weighted by atomic mass is 15.5. The van der Waals surface area contributed by atoms with Crippen LogP contribution in [0, 0.1) is 11.8 Å². The van der Waals surface area contributed by atoms with Crippen molar-refractivity contribution in [2.45, 2.75) is 45.7 Å². The first-order valence-corrected chi connectivity index (χ1v) is 5.25. The van der Waals surface area contributed by atoms with E-state index in [0.717, 1.165) is 30.5 Å². The van der Waals surface area contributed by atoms with E-state index >= 15 is 0 Å². The van der Waals surface area contributed by atoms with Crippen LogP contribution in [0.15, 0.2) is 0 Å². The summed E-state index contributed by atoms with van der Waals surface area (Å²) < 4.78 is 0. The molecule has 2 bridgehead atoms. The van der Waals surface area contributed by atoms with Crippen LogP contribution >= 0.6 is 0 Å². The molecule has 0 amide bonds. The van der Waals surface area contributed by atoms with Crippen molar-refractivity contribution in [1.82, 2.24) is 10.4 Å². The van der Waals surface area contributed by atoms with E-state index in [4.69, 9.17) is 0 Å². The van der Waals surface area contributed by atoms with Gasteiger partial charge in [0, 0.05) is 18.6 Å². The third-order valence-corrected chi connectivity index (χ3v) is 3.47. The molecule has 2 heterocycles. The molecule has 3 rings (SSSR count). The molecule has 1 aliphatic carbocycles. The Kier molecular flexibility index (Phi) is 2.13. The Morgan fingerprint density at radius 2 is 2.08 bits per heavy atom. The van der Waals surface area contributed by atoms with Crippen molar-refractivity contribution in [2.24, 2.45) is 11.8 Å². The lowest BCUT2D eigenvalue weighted by Crippen LogP contribution is -2.66. The van der Waals surface area contributed by atoms with Crippen LogP contribution in [-0.4, -0.2) is 23.6 Å². The van der Waals surface area contributed by atoms with Crippen LogP contribution in [-0.2, 0) is 0 Å². The summed E-state index contributed by atoms with van der Waals surface area (Å²) in [4.78, 5) is 0. The highest BCUT2D eigenvalue weighted by molar-refractivity contribution is 4.98. The predicted octanol–water partition coefficient (Wildman–Crippen LogP) is 1.63. The smallest absolute Gasteiger partial charge is 0.0267 e. The zero-order valence-corrected chi connectivity index (χ0v) is 8.38. The second kappa shape index (κ2) is 3.00. The van der Waals surface area contributed by atoms with Crippen molar-refractivity contribution < 1.29 is 0 Å². The van der Waals surface area contributed by atoms with E-state index < -0.39 is 0 Å². The fourth-order valence-electron chi connectivity index (χ4n) is 2.62. The number of rotatable bonds is 2. The molecule has 1 unspecified atom stereocenters. The fraction of sp³-hybridized carbons (Fsp3) is 1.00. The third-order valence-electron chi connectivity index (χ3n) is 3.47. The summed E-state index contributed by atoms with van der Waals surface area (Å²) in [5.41, 5.74) is 3.64. The summed E-state index contributed by atoms with van der Waals surface area (Å²) in [7, 11) is 0. The van der Waals surface area contributed by atoms with Crippen molar-refractivity contribution in [3.63, 3.8) is 0 Å². The van der Waals surface area contributed by atoms with Gasteiger partial charge in [0.15, 0.2) is 0 Å². The van der Waals surface area contributed by atoms with Gasteiger partial charge in [-0.15, -0.1) is 0 Å². The predicted molar refractivity (Wildman–Crippen MR) is 50.7 cm³/mol. The zero-order chi connectivity index (χ0) is 8.72. The van der Waals surface area contributed by atoms with Gasteiger partial charge in [-0.25, -0.2) is 5.01 Å². The lowest BCUT2D eigenvalue weighted by atomic mass is 9.70. The Bertz CT molecular complexity index is 161. The average molecular weight is 168 g/mol. The number of hydrazine groups is 1. The van der Waals surface area contributed by atoms with Crippen molar-refractivity contribution >= 4 is 0 Å². The molecule has 1 saturated carbocycles. The highest BCUT2D eigenvalue weighted by Crippen LogP contribution is 2.40. The third kappa shape index (κ3) is 1.17. The summed E-state index contributed by atoms with van der Waals surface area (Å²) in [5.74, 6) is 1.75. The summed E-state index contributed by atoms with van der Waals surface area (Å²) >= 11 is 0. The fourth-order valence-corrected chi connectivity index (χ4v) is 2.62. The Labute approximate surface area is 75.3 Å². The lowest BCUT2D eigenvalue weighted by Gasteiger charge is -2.55. The van der Waals surface area contributed by atoms with Crippen molar-refractivity contribution in [2.75, 3.05) is 6.54 Å². The molecule has 0 aromatic carbocycles. The lowest BCUT2D eigenvalue weighted by molar-refractivity contribution is -0.0735. The minimum absolute atomic E-state index is 0.745. The molecule has 70 valence electrons. The highest BCUT2D eigenvalue weighted by Gasteiger charge is 2.44. The van der Waals surface area contributed by atoms with E-state index in [1.165, 1.54) is 12.8 Å². The van der Waals surface area contributed by atoms with E-state index in [0.29, 0.717) is 0 Å². The second-order valence-electron chi connectivity index (χ2n) is 4.57. The van der Waals surface area contributed by atoms with Gasteiger partial charge in [-0.2, -0.15) is 0 Å². The average Bonchev–Trinajstić information content (AvgIpc) is 2.01. The van der Waals surface area contributed by atoms with Crippen LogP contribution < -0.4 is 5.43 Å². The zero-order valence-electron chi connectivity index (χ0n) is 8.38. The largest absolute Gasteiger partial charge is 0.251 e. The number of nitrogens with zero attached hydrogens (tertiary/aromatic N) is 1. The molecule has 2 heteroatoms. The van der Waals surface area contributed by atoms with Gasteiger partial charge < -0.3 is 0 Å².